The second-order valence-electron chi connectivity index (χ2n) is 5.44. The summed E-state index contributed by atoms with van der Waals surface area (Å²) < 4.78 is 20.7. The first-order valence-electron chi connectivity index (χ1n) is 7.98. The summed E-state index contributed by atoms with van der Waals surface area (Å²) in [6.45, 7) is 0.163. The lowest BCUT2D eigenvalue weighted by molar-refractivity contribution is -0.118. The molecule has 0 aliphatic heterocycles. The van der Waals surface area contributed by atoms with Gasteiger partial charge in [-0.25, -0.2) is 9.37 Å². The molecule has 7 heteroatoms. The van der Waals surface area contributed by atoms with E-state index in [1.54, 1.807) is 31.5 Å². The van der Waals surface area contributed by atoms with Gasteiger partial charge in [-0.2, -0.15) is 0 Å². The Kier molecular flexibility index (Phi) is 5.91. The summed E-state index contributed by atoms with van der Waals surface area (Å²) in [5.41, 5.74) is 1.36. The summed E-state index contributed by atoms with van der Waals surface area (Å²) in [7, 11) is 1.61. The minimum Gasteiger partial charge on any atom is -0.497 e. The van der Waals surface area contributed by atoms with Gasteiger partial charge in [0.25, 0.3) is 0 Å². The molecule has 0 radical (unpaired) electrons. The molecule has 0 bridgehead atoms. The number of nitrogens with one attached hydrogen (secondary N) is 1. The van der Waals surface area contributed by atoms with Crippen molar-refractivity contribution in [3.8, 4) is 11.4 Å². The molecule has 3 aromatic rings. The lowest BCUT2D eigenvalue weighted by atomic mass is 10.2. The van der Waals surface area contributed by atoms with Gasteiger partial charge in [0.2, 0.25) is 5.91 Å². The van der Waals surface area contributed by atoms with Crippen molar-refractivity contribution in [2.75, 3.05) is 12.9 Å². The highest BCUT2D eigenvalue weighted by Crippen LogP contribution is 2.23. The topological polar surface area (TPSA) is 56.2 Å². The van der Waals surface area contributed by atoms with E-state index >= 15 is 0 Å². The van der Waals surface area contributed by atoms with E-state index in [0.29, 0.717) is 10.7 Å². The first kappa shape index (κ1) is 18.0. The van der Waals surface area contributed by atoms with Gasteiger partial charge in [-0.05, 0) is 18.2 Å². The molecular weight excluding hydrogens is 353 g/mol. The number of carbonyl (C=O) groups is 1. The number of carbonyl (C=O) groups excluding carboxylic acids is 1. The Morgan fingerprint density at radius 2 is 2.12 bits per heavy atom. The van der Waals surface area contributed by atoms with Gasteiger partial charge in [0.1, 0.15) is 11.6 Å². The first-order chi connectivity index (χ1) is 12.7. The standard InChI is InChI=1S/C19H18FN3O2S/c1-25-16-7-4-6-15(11-16)23-10-9-21-19(23)26-13-18(24)22-12-14-5-2-3-8-17(14)20/h2-11H,12-13H2,1H3,(H,22,24). The summed E-state index contributed by atoms with van der Waals surface area (Å²) in [5.74, 6) is 0.428. The first-order valence-corrected chi connectivity index (χ1v) is 8.96. The Balaban J connectivity index is 1.59. The number of nitrogens with zero attached hydrogens (tertiary/aromatic N) is 2. The van der Waals surface area contributed by atoms with Crippen LogP contribution < -0.4 is 10.1 Å². The molecule has 0 saturated carbocycles. The highest BCUT2D eigenvalue weighted by Gasteiger charge is 2.10. The van der Waals surface area contributed by atoms with E-state index in [9.17, 15) is 9.18 Å². The molecule has 0 fully saturated rings. The van der Waals surface area contributed by atoms with Crippen molar-refractivity contribution < 1.29 is 13.9 Å². The van der Waals surface area contributed by atoms with Crippen molar-refractivity contribution in [2.45, 2.75) is 11.7 Å². The molecule has 0 aliphatic rings. The van der Waals surface area contributed by atoms with Crippen LogP contribution in [0.25, 0.3) is 5.69 Å². The number of imidazole rings is 1. The third-order valence-corrected chi connectivity index (χ3v) is 4.67. The van der Waals surface area contributed by atoms with Gasteiger partial charge in [-0.1, -0.05) is 36.0 Å². The zero-order valence-corrected chi connectivity index (χ0v) is 15.0. The maximum atomic E-state index is 13.6. The molecule has 0 spiro atoms. The number of hydrogen-bond donors (Lipinski definition) is 1. The molecule has 1 amide bonds. The molecule has 3 rings (SSSR count). The van der Waals surface area contributed by atoms with Crippen molar-refractivity contribution in [3.63, 3.8) is 0 Å². The van der Waals surface area contributed by atoms with Gasteiger partial charge in [0.15, 0.2) is 5.16 Å². The van der Waals surface area contributed by atoms with Crippen molar-refractivity contribution in [2.24, 2.45) is 0 Å². The summed E-state index contributed by atoms with van der Waals surface area (Å²) in [4.78, 5) is 16.4. The SMILES string of the molecule is COc1cccc(-n2ccnc2SCC(=O)NCc2ccccc2F)c1. The van der Waals surface area contributed by atoms with Crippen LogP contribution in [0.2, 0.25) is 0 Å². The number of amides is 1. The maximum Gasteiger partial charge on any atom is 0.230 e. The highest BCUT2D eigenvalue weighted by molar-refractivity contribution is 7.99. The van der Waals surface area contributed by atoms with Crippen LogP contribution in [0.4, 0.5) is 4.39 Å². The van der Waals surface area contributed by atoms with E-state index in [1.165, 1.54) is 17.8 Å². The molecule has 5 nitrogen and oxygen atoms in total. The Labute approximate surface area is 155 Å². The van der Waals surface area contributed by atoms with Crippen LogP contribution in [0.15, 0.2) is 66.1 Å². The third kappa shape index (κ3) is 4.43. The number of aromatic nitrogens is 2. The molecule has 0 saturated heterocycles. The summed E-state index contributed by atoms with van der Waals surface area (Å²) in [6.07, 6.45) is 3.51. The average molecular weight is 371 g/mol. The fourth-order valence-corrected chi connectivity index (χ4v) is 3.17. The Morgan fingerprint density at radius 1 is 1.27 bits per heavy atom. The Bertz CT molecular complexity index is 898. The average Bonchev–Trinajstić information content (AvgIpc) is 3.14. The number of rotatable bonds is 7. The smallest absolute Gasteiger partial charge is 0.230 e. The largest absolute Gasteiger partial charge is 0.497 e. The number of thioether (sulfide) groups is 1. The van der Waals surface area contributed by atoms with Crippen LogP contribution >= 0.6 is 11.8 Å². The highest BCUT2D eigenvalue weighted by atomic mass is 32.2. The molecule has 2 aromatic carbocycles. The van der Waals surface area contributed by atoms with Gasteiger partial charge in [0, 0.05) is 30.6 Å². The van der Waals surface area contributed by atoms with E-state index < -0.39 is 0 Å². The summed E-state index contributed by atoms with van der Waals surface area (Å²) >= 11 is 1.31. The second kappa shape index (κ2) is 8.53. The molecule has 1 heterocycles. The minimum absolute atomic E-state index is 0.163. The van der Waals surface area contributed by atoms with Crippen LogP contribution in [0.5, 0.6) is 5.75 Å². The molecule has 0 unspecified atom stereocenters. The number of ether oxygens (including phenoxy) is 1. The van der Waals surface area contributed by atoms with Gasteiger partial charge in [0.05, 0.1) is 18.6 Å². The summed E-state index contributed by atoms with van der Waals surface area (Å²) in [6, 6.07) is 14.0. The van der Waals surface area contributed by atoms with E-state index in [2.05, 4.69) is 10.3 Å². The Hall–Kier alpha value is -2.80. The van der Waals surface area contributed by atoms with Crippen LogP contribution in [0.3, 0.4) is 0 Å². The molecule has 1 N–H and O–H groups in total. The number of benzene rings is 2. The van der Waals surface area contributed by atoms with E-state index in [-0.39, 0.29) is 24.0 Å². The predicted molar refractivity (Wildman–Crippen MR) is 99.1 cm³/mol. The predicted octanol–water partition coefficient (Wildman–Crippen LogP) is 3.43. The number of halogens is 1. The van der Waals surface area contributed by atoms with Gasteiger partial charge in [-0.3, -0.25) is 9.36 Å². The quantitative estimate of drug-likeness (QED) is 0.647. The zero-order valence-electron chi connectivity index (χ0n) is 14.2. The van der Waals surface area contributed by atoms with E-state index in [0.717, 1.165) is 11.4 Å². The summed E-state index contributed by atoms with van der Waals surface area (Å²) in [5, 5.41) is 3.42. The van der Waals surface area contributed by atoms with Crippen LogP contribution in [-0.4, -0.2) is 28.3 Å². The lowest BCUT2D eigenvalue weighted by Crippen LogP contribution is -2.25. The minimum atomic E-state index is -0.325. The van der Waals surface area contributed by atoms with Gasteiger partial charge < -0.3 is 10.1 Å². The molecular formula is C19H18FN3O2S. The fraction of sp³-hybridized carbons (Fsp3) is 0.158. The molecule has 134 valence electrons. The monoisotopic (exact) mass is 371 g/mol. The van der Waals surface area contributed by atoms with Gasteiger partial charge >= 0.3 is 0 Å². The Morgan fingerprint density at radius 3 is 2.92 bits per heavy atom. The molecule has 1 aromatic heterocycles. The molecule has 0 atom stereocenters. The van der Waals surface area contributed by atoms with Crippen LogP contribution in [-0.2, 0) is 11.3 Å². The van der Waals surface area contributed by atoms with Gasteiger partial charge in [-0.15, -0.1) is 0 Å². The zero-order chi connectivity index (χ0) is 18.4. The normalized spacial score (nSPS) is 10.5. The number of hydrogen-bond acceptors (Lipinski definition) is 4. The van der Waals surface area contributed by atoms with Crippen molar-refractivity contribution >= 4 is 17.7 Å². The van der Waals surface area contributed by atoms with Crippen LogP contribution in [0, 0.1) is 5.82 Å². The van der Waals surface area contributed by atoms with Crippen molar-refractivity contribution in [1.29, 1.82) is 0 Å². The van der Waals surface area contributed by atoms with Crippen LogP contribution in [0.1, 0.15) is 5.56 Å². The van der Waals surface area contributed by atoms with Crippen molar-refractivity contribution in [1.82, 2.24) is 14.9 Å². The van der Waals surface area contributed by atoms with E-state index in [4.69, 9.17) is 4.74 Å². The number of methoxy groups -OCH3 is 1. The lowest BCUT2D eigenvalue weighted by Gasteiger charge is -2.09. The second-order valence-corrected chi connectivity index (χ2v) is 6.38. The molecule has 0 aliphatic carbocycles. The van der Waals surface area contributed by atoms with Crippen molar-refractivity contribution in [3.05, 3.63) is 72.3 Å². The third-order valence-electron chi connectivity index (χ3n) is 3.70. The maximum absolute atomic E-state index is 13.6. The molecule has 26 heavy (non-hydrogen) atoms. The fourth-order valence-electron chi connectivity index (χ4n) is 2.37. The van der Waals surface area contributed by atoms with E-state index in [1.807, 2.05) is 35.0 Å².